The van der Waals surface area contributed by atoms with Crippen LogP contribution in [0.4, 0.5) is 13.9 Å². The minimum absolute atomic E-state index is 0.0416. The van der Waals surface area contributed by atoms with E-state index in [1.165, 1.54) is 35.6 Å². The van der Waals surface area contributed by atoms with Crippen molar-refractivity contribution in [1.82, 2.24) is 4.98 Å². The first-order valence-electron chi connectivity index (χ1n) is 13.9. The summed E-state index contributed by atoms with van der Waals surface area (Å²) in [6.07, 6.45) is 4.92. The highest BCUT2D eigenvalue weighted by Crippen LogP contribution is 2.72. The maximum Gasteiger partial charge on any atom is 0.230 e. The van der Waals surface area contributed by atoms with Crippen LogP contribution in [-0.4, -0.2) is 38.7 Å². The Bertz CT molecular complexity index is 1440. The molecule has 3 fully saturated rings. The van der Waals surface area contributed by atoms with Crippen LogP contribution in [0.2, 0.25) is 0 Å². The van der Waals surface area contributed by atoms with E-state index < -0.39 is 34.1 Å². The highest BCUT2D eigenvalue weighted by Gasteiger charge is 2.74. The molecule has 40 heavy (non-hydrogen) atoms. The first-order chi connectivity index (χ1) is 18.8. The molecule has 0 saturated heterocycles. The summed E-state index contributed by atoms with van der Waals surface area (Å²) in [5, 5.41) is 28.8. The number of hydrogen-bond donors (Lipinski definition) is 3. The van der Waals surface area contributed by atoms with Gasteiger partial charge in [-0.1, -0.05) is 37.6 Å². The number of nitrogens with one attached hydrogen (secondary N) is 1. The molecule has 8 atom stereocenters. The molecule has 0 spiro atoms. The molecule has 6 nitrogen and oxygen atoms in total. The van der Waals surface area contributed by atoms with Crippen LogP contribution in [0.5, 0.6) is 0 Å². The van der Waals surface area contributed by atoms with Crippen LogP contribution in [0, 0.1) is 34.4 Å². The summed E-state index contributed by atoms with van der Waals surface area (Å²) < 4.78 is 30.6. The zero-order valence-electron chi connectivity index (χ0n) is 22.8. The summed E-state index contributed by atoms with van der Waals surface area (Å²) >= 11 is 1.21. The van der Waals surface area contributed by atoms with Crippen molar-refractivity contribution in [2.24, 2.45) is 28.6 Å². The van der Waals surface area contributed by atoms with Gasteiger partial charge in [0.15, 0.2) is 16.6 Å². The number of ketones is 1. The number of alkyl halides is 1. The number of carbonyl (C=O) groups excluding carboxylic acids is 2. The molecule has 212 valence electrons. The molecule has 0 bridgehead atoms. The summed E-state index contributed by atoms with van der Waals surface area (Å²) in [5.41, 5.74) is -3.55. The largest absolute Gasteiger partial charge is 0.390 e. The van der Waals surface area contributed by atoms with E-state index in [-0.39, 0.29) is 42.2 Å². The number of allylic oxidation sites excluding steroid dienone is 4. The van der Waals surface area contributed by atoms with E-state index in [9.17, 15) is 24.2 Å². The van der Waals surface area contributed by atoms with Gasteiger partial charge in [0.2, 0.25) is 5.91 Å². The van der Waals surface area contributed by atoms with Crippen molar-refractivity contribution in [3.05, 3.63) is 70.5 Å². The van der Waals surface area contributed by atoms with E-state index in [0.29, 0.717) is 35.7 Å². The molecule has 1 heterocycles. The van der Waals surface area contributed by atoms with E-state index >= 15 is 4.39 Å². The Labute approximate surface area is 236 Å². The van der Waals surface area contributed by atoms with Crippen LogP contribution in [0.1, 0.15) is 57.7 Å². The molecular formula is C31H34F2N2O4S. The van der Waals surface area contributed by atoms with Gasteiger partial charge in [0.05, 0.1) is 18.2 Å². The number of rotatable bonds is 4. The number of aromatic nitrogens is 1. The number of halogens is 2. The molecule has 1 amide bonds. The second kappa shape index (κ2) is 9.13. The summed E-state index contributed by atoms with van der Waals surface area (Å²) in [6.45, 7) is 5.66. The number of benzene rings is 1. The van der Waals surface area contributed by atoms with Gasteiger partial charge in [-0.2, -0.15) is 0 Å². The number of amides is 1. The Kier molecular flexibility index (Phi) is 6.26. The quantitative estimate of drug-likeness (QED) is 0.467. The fraction of sp³-hybridized carbons (Fsp3) is 0.516. The van der Waals surface area contributed by atoms with Crippen molar-refractivity contribution in [3.8, 4) is 0 Å². The van der Waals surface area contributed by atoms with Crippen molar-refractivity contribution in [3.63, 3.8) is 0 Å². The lowest BCUT2D eigenvalue weighted by molar-refractivity contribution is -0.223. The molecule has 0 radical (unpaired) electrons. The first kappa shape index (κ1) is 27.4. The highest BCUT2D eigenvalue weighted by molar-refractivity contribution is 7.14. The monoisotopic (exact) mass is 568 g/mol. The summed E-state index contributed by atoms with van der Waals surface area (Å²) in [7, 11) is 0. The van der Waals surface area contributed by atoms with Gasteiger partial charge in [0.25, 0.3) is 0 Å². The standard InChI is InChI=1S/C31H34F2N2O4S/c1-17-12-23-22-9-6-19-14-21(36)10-11-28(19,2)30(22,33)25(37)15-29(23,3)31(17,39)24-16-40-27(34-24)35-26(38)13-18-4-7-20(32)8-5-18/h4-5,7-8,10-11,14,16-17,22-23,25,37,39H,6,9,12-13,15H2,1-3H3,(H,34,35,38)/t17-,22+,23+,25+,28+,29+,30+,31+/m1/s1. The van der Waals surface area contributed by atoms with E-state index in [4.69, 9.17) is 0 Å². The van der Waals surface area contributed by atoms with E-state index in [2.05, 4.69) is 10.3 Å². The number of anilines is 1. The highest BCUT2D eigenvalue weighted by atomic mass is 32.1. The fourth-order valence-corrected chi connectivity index (χ4v) is 9.33. The van der Waals surface area contributed by atoms with Gasteiger partial charge in [-0.25, -0.2) is 13.8 Å². The first-order valence-corrected chi connectivity index (χ1v) is 14.7. The number of nitrogens with zero attached hydrogens (tertiary/aromatic N) is 1. The smallest absolute Gasteiger partial charge is 0.230 e. The van der Waals surface area contributed by atoms with Gasteiger partial charge in [-0.15, -0.1) is 11.3 Å². The molecule has 0 aliphatic heterocycles. The summed E-state index contributed by atoms with van der Waals surface area (Å²) in [6, 6.07) is 5.71. The molecule has 4 aliphatic carbocycles. The molecule has 1 aromatic heterocycles. The van der Waals surface area contributed by atoms with E-state index in [1.807, 2.05) is 13.8 Å². The third-order valence-corrected chi connectivity index (χ3v) is 11.4. The van der Waals surface area contributed by atoms with Crippen LogP contribution in [0.25, 0.3) is 0 Å². The van der Waals surface area contributed by atoms with Gasteiger partial charge >= 0.3 is 0 Å². The Morgan fingerprint density at radius 1 is 1.23 bits per heavy atom. The Morgan fingerprint density at radius 3 is 2.67 bits per heavy atom. The molecule has 3 N–H and O–H groups in total. The topological polar surface area (TPSA) is 99.5 Å². The van der Waals surface area contributed by atoms with Gasteiger partial charge in [-0.05, 0) is 74.3 Å². The van der Waals surface area contributed by atoms with E-state index in [0.717, 1.165) is 5.57 Å². The Morgan fingerprint density at radius 2 is 1.95 bits per heavy atom. The molecule has 0 unspecified atom stereocenters. The number of hydrogen-bond acceptors (Lipinski definition) is 6. The predicted octanol–water partition coefficient (Wildman–Crippen LogP) is 5.27. The van der Waals surface area contributed by atoms with Crippen molar-refractivity contribution in [2.75, 3.05) is 5.32 Å². The lowest BCUT2D eigenvalue weighted by Crippen LogP contribution is -2.68. The van der Waals surface area contributed by atoms with Crippen LogP contribution in [0.3, 0.4) is 0 Å². The lowest BCUT2D eigenvalue weighted by Gasteiger charge is -2.62. The molecule has 1 aromatic carbocycles. The fourth-order valence-electron chi connectivity index (χ4n) is 8.55. The van der Waals surface area contributed by atoms with Crippen molar-refractivity contribution in [2.45, 2.75) is 70.2 Å². The van der Waals surface area contributed by atoms with Gasteiger partial charge in [-0.3, -0.25) is 9.59 Å². The zero-order valence-corrected chi connectivity index (χ0v) is 23.6. The maximum atomic E-state index is 17.4. The van der Waals surface area contributed by atoms with Crippen LogP contribution >= 0.6 is 11.3 Å². The zero-order chi connectivity index (χ0) is 28.7. The number of carbonyl (C=O) groups is 2. The van der Waals surface area contributed by atoms with Crippen molar-refractivity contribution >= 4 is 28.2 Å². The second-order valence-electron chi connectivity index (χ2n) is 12.6. The molecule has 4 aliphatic rings. The van der Waals surface area contributed by atoms with Gasteiger partial charge < -0.3 is 15.5 Å². The Hall–Kier alpha value is -2.75. The number of aliphatic hydroxyl groups is 2. The van der Waals surface area contributed by atoms with Crippen LogP contribution in [0.15, 0.2) is 53.4 Å². The van der Waals surface area contributed by atoms with Gasteiger partial charge in [0, 0.05) is 22.1 Å². The average molecular weight is 569 g/mol. The number of fused-ring (bicyclic) bond motifs is 5. The molecule has 2 aromatic rings. The number of thiazole rings is 1. The maximum absolute atomic E-state index is 17.4. The third kappa shape index (κ3) is 3.66. The minimum atomic E-state index is -1.97. The predicted molar refractivity (Wildman–Crippen MR) is 148 cm³/mol. The van der Waals surface area contributed by atoms with Crippen LogP contribution in [-0.2, 0) is 21.6 Å². The van der Waals surface area contributed by atoms with Gasteiger partial charge in [0.1, 0.15) is 11.4 Å². The van der Waals surface area contributed by atoms with Crippen LogP contribution < -0.4 is 5.32 Å². The molecule has 9 heteroatoms. The lowest BCUT2D eigenvalue weighted by atomic mass is 9.44. The normalized spacial score (nSPS) is 40.2. The third-order valence-electron chi connectivity index (χ3n) is 10.6. The number of aliphatic hydroxyl groups excluding tert-OH is 1. The summed E-state index contributed by atoms with van der Waals surface area (Å²) in [4.78, 5) is 29.3. The molecule has 6 rings (SSSR count). The van der Waals surface area contributed by atoms with E-state index in [1.54, 1.807) is 30.5 Å². The van der Waals surface area contributed by atoms with Crippen molar-refractivity contribution in [1.29, 1.82) is 0 Å². The average Bonchev–Trinajstić information content (AvgIpc) is 3.44. The Balaban J connectivity index is 1.28. The SMILES string of the molecule is C[C@@H]1C[C@H]2[C@@H]3CCC4=CC(=O)C=C[C@]4(C)[C@@]3(F)[C@@H](O)C[C@]2(C)[C@@]1(O)c1csc(NC(=O)Cc2ccc(F)cc2)n1. The van der Waals surface area contributed by atoms with Crippen molar-refractivity contribution < 1.29 is 28.6 Å². The molecule has 3 saturated carbocycles. The summed E-state index contributed by atoms with van der Waals surface area (Å²) in [5.74, 6) is -1.83. The minimum Gasteiger partial charge on any atom is -0.390 e. The second-order valence-corrected chi connectivity index (χ2v) is 13.4. The molecular weight excluding hydrogens is 534 g/mol.